The minimum absolute atomic E-state index is 0.911. The highest BCUT2D eigenvalue weighted by molar-refractivity contribution is 7.25. The maximum Gasteiger partial charge on any atom is 0.135 e. The molecule has 0 fully saturated rings. The molecule has 0 aliphatic rings. The van der Waals surface area contributed by atoms with Crippen molar-refractivity contribution in [2.24, 2.45) is 0 Å². The van der Waals surface area contributed by atoms with Gasteiger partial charge in [0.05, 0.1) is 22.1 Å². The predicted molar refractivity (Wildman–Crippen MR) is 289 cm³/mol. The van der Waals surface area contributed by atoms with E-state index in [-0.39, 0.29) is 0 Å². The fourth-order valence-corrected chi connectivity index (χ4v) is 12.2. The summed E-state index contributed by atoms with van der Waals surface area (Å²) in [6, 6.07) is 84.7. The Kier molecular flexibility index (Phi) is 7.94. The van der Waals surface area contributed by atoms with Crippen LogP contribution in [0.4, 0.5) is 0 Å². The Morgan fingerprint density at radius 1 is 0.279 bits per heavy atom. The van der Waals surface area contributed by atoms with Gasteiger partial charge >= 0.3 is 0 Å². The van der Waals surface area contributed by atoms with Gasteiger partial charge in [0.25, 0.3) is 0 Å². The fraction of sp³-hybridized carbons (Fsp3) is 0. The largest absolute Gasteiger partial charge is 0.456 e. The Morgan fingerprint density at radius 2 is 0.765 bits per heavy atom. The molecule has 4 aromatic heterocycles. The van der Waals surface area contributed by atoms with Gasteiger partial charge in [-0.25, -0.2) is 0 Å². The molecule has 316 valence electrons. The highest BCUT2D eigenvalue weighted by atomic mass is 32.1. The summed E-state index contributed by atoms with van der Waals surface area (Å²) < 4.78 is 13.6. The van der Waals surface area contributed by atoms with E-state index >= 15 is 0 Å². The van der Waals surface area contributed by atoms with Crippen molar-refractivity contribution in [1.29, 1.82) is 0 Å². The third kappa shape index (κ3) is 5.59. The van der Waals surface area contributed by atoms with Gasteiger partial charge in [0, 0.05) is 63.9 Å². The van der Waals surface area contributed by atoms with E-state index in [2.05, 4.69) is 228 Å². The van der Waals surface area contributed by atoms with Gasteiger partial charge in [-0.05, 0) is 141 Å². The molecular weight excluding hydrogens is 845 g/mol. The van der Waals surface area contributed by atoms with E-state index in [4.69, 9.17) is 4.42 Å². The molecule has 4 heteroatoms. The molecule has 0 atom stereocenters. The van der Waals surface area contributed by atoms with E-state index in [0.29, 0.717) is 0 Å². The number of rotatable bonds is 5. The lowest BCUT2D eigenvalue weighted by molar-refractivity contribution is 0.669. The van der Waals surface area contributed by atoms with E-state index in [0.717, 1.165) is 33.3 Å². The first-order valence-electron chi connectivity index (χ1n) is 23.2. The molecular formula is C64H38N2OS. The van der Waals surface area contributed by atoms with E-state index in [1.807, 2.05) is 23.5 Å². The summed E-state index contributed by atoms with van der Waals surface area (Å²) in [7, 11) is 0. The molecule has 0 spiro atoms. The standard InChI is InChI=1S/C64H38N2OS/c1-2-10-48-41(9-1)21-32-59-64(48)55-38-45(23-31-58(55)66(59)47-28-19-39(20-29-47)42-24-33-61-53(36-42)50-12-4-7-15-60(50)67-61)44-22-30-57-52(35-44)49-11-3-6-14-56(49)65(57)46-26-17-40(18-27-46)43-25-34-63-54(37-43)51-13-5-8-16-62(51)68-63/h1-38H. The van der Waals surface area contributed by atoms with Gasteiger partial charge in [-0.2, -0.15) is 0 Å². The number of nitrogens with zero attached hydrogens (tertiary/aromatic N) is 2. The molecule has 0 amide bonds. The van der Waals surface area contributed by atoms with Crippen LogP contribution in [0.5, 0.6) is 0 Å². The maximum absolute atomic E-state index is 6.14. The molecule has 11 aromatic carbocycles. The van der Waals surface area contributed by atoms with Crippen LogP contribution in [0, 0.1) is 0 Å². The smallest absolute Gasteiger partial charge is 0.135 e. The van der Waals surface area contributed by atoms with Gasteiger partial charge in [0.1, 0.15) is 11.2 Å². The van der Waals surface area contributed by atoms with Crippen LogP contribution in [-0.4, -0.2) is 9.13 Å². The number of fused-ring (bicyclic) bond motifs is 14. The Balaban J connectivity index is 0.829. The molecule has 15 rings (SSSR count). The van der Waals surface area contributed by atoms with Crippen LogP contribution in [0.2, 0.25) is 0 Å². The third-order valence-electron chi connectivity index (χ3n) is 14.3. The lowest BCUT2D eigenvalue weighted by Crippen LogP contribution is -1.94. The van der Waals surface area contributed by atoms with Crippen molar-refractivity contribution >= 4 is 108 Å². The molecule has 0 radical (unpaired) electrons. The van der Waals surface area contributed by atoms with Gasteiger partial charge in [-0.3, -0.25) is 0 Å². The molecule has 0 aliphatic carbocycles. The normalized spacial score (nSPS) is 12.1. The van der Waals surface area contributed by atoms with E-state index in [1.165, 1.54) is 108 Å². The molecule has 3 nitrogen and oxygen atoms in total. The molecule has 68 heavy (non-hydrogen) atoms. The van der Waals surface area contributed by atoms with Gasteiger partial charge in [0.15, 0.2) is 0 Å². The summed E-state index contributed by atoms with van der Waals surface area (Å²) in [6.45, 7) is 0. The fourth-order valence-electron chi connectivity index (χ4n) is 11.1. The Hall–Kier alpha value is -8.70. The Labute approximate surface area is 394 Å². The van der Waals surface area contributed by atoms with E-state index < -0.39 is 0 Å². The highest BCUT2D eigenvalue weighted by Crippen LogP contribution is 2.42. The summed E-state index contributed by atoms with van der Waals surface area (Å²) in [5, 5.41) is 12.4. The van der Waals surface area contributed by atoms with Crippen LogP contribution in [0.1, 0.15) is 0 Å². The molecule has 0 saturated heterocycles. The summed E-state index contributed by atoms with van der Waals surface area (Å²) in [4.78, 5) is 0. The second-order valence-corrected chi connectivity index (χ2v) is 19.1. The molecule has 0 saturated carbocycles. The molecule has 15 aromatic rings. The predicted octanol–water partition coefficient (Wildman–Crippen LogP) is 18.3. The highest BCUT2D eigenvalue weighted by Gasteiger charge is 2.19. The van der Waals surface area contributed by atoms with Crippen molar-refractivity contribution in [3.05, 3.63) is 231 Å². The van der Waals surface area contributed by atoms with Crippen LogP contribution in [0.3, 0.4) is 0 Å². The first-order chi connectivity index (χ1) is 33.7. The van der Waals surface area contributed by atoms with Crippen molar-refractivity contribution in [3.8, 4) is 44.8 Å². The number of hydrogen-bond acceptors (Lipinski definition) is 2. The van der Waals surface area contributed by atoms with Crippen molar-refractivity contribution in [1.82, 2.24) is 9.13 Å². The van der Waals surface area contributed by atoms with Gasteiger partial charge in [-0.1, -0.05) is 133 Å². The average molecular weight is 883 g/mol. The quantitative estimate of drug-likeness (QED) is 0.169. The average Bonchev–Trinajstić information content (AvgIpc) is 4.16. The summed E-state index contributed by atoms with van der Waals surface area (Å²) >= 11 is 1.86. The topological polar surface area (TPSA) is 23.0 Å². The van der Waals surface area contributed by atoms with E-state index in [1.54, 1.807) is 0 Å². The second-order valence-electron chi connectivity index (χ2n) is 18.0. The third-order valence-corrected chi connectivity index (χ3v) is 15.5. The summed E-state index contributed by atoms with van der Waals surface area (Å²) in [5.41, 5.74) is 16.1. The zero-order valence-corrected chi connectivity index (χ0v) is 37.5. The van der Waals surface area contributed by atoms with Crippen molar-refractivity contribution in [2.45, 2.75) is 0 Å². The minimum atomic E-state index is 0.911. The number of aromatic nitrogens is 2. The zero-order valence-electron chi connectivity index (χ0n) is 36.7. The number of furan rings is 1. The molecule has 0 N–H and O–H groups in total. The van der Waals surface area contributed by atoms with E-state index in [9.17, 15) is 0 Å². The molecule has 0 aliphatic heterocycles. The van der Waals surface area contributed by atoms with Crippen LogP contribution < -0.4 is 0 Å². The van der Waals surface area contributed by atoms with Crippen LogP contribution >= 0.6 is 11.3 Å². The minimum Gasteiger partial charge on any atom is -0.456 e. The molecule has 0 bridgehead atoms. The monoisotopic (exact) mass is 882 g/mol. The SMILES string of the molecule is c1ccc2c(c1)ccc1c2c2cc(-c3ccc4c(c3)c3ccccc3n4-c3ccc(-c4ccc5sc6ccccc6c5c4)cc3)ccc2n1-c1ccc(-c2ccc3oc4ccccc4c3c2)cc1. The first kappa shape index (κ1) is 37.5. The number of thiophene rings is 1. The zero-order chi connectivity index (χ0) is 44.5. The van der Waals surface area contributed by atoms with Crippen molar-refractivity contribution in [3.63, 3.8) is 0 Å². The van der Waals surface area contributed by atoms with Gasteiger partial charge in [-0.15, -0.1) is 11.3 Å². The number of benzene rings is 11. The molecule has 0 unspecified atom stereocenters. The van der Waals surface area contributed by atoms with Gasteiger partial charge in [0.2, 0.25) is 0 Å². The lowest BCUT2D eigenvalue weighted by Gasteiger charge is -2.11. The van der Waals surface area contributed by atoms with Crippen molar-refractivity contribution in [2.75, 3.05) is 0 Å². The number of hydrogen-bond donors (Lipinski definition) is 0. The first-order valence-corrected chi connectivity index (χ1v) is 24.0. The summed E-state index contributed by atoms with van der Waals surface area (Å²) in [5.74, 6) is 0. The van der Waals surface area contributed by atoms with Crippen LogP contribution in [-0.2, 0) is 0 Å². The van der Waals surface area contributed by atoms with Gasteiger partial charge < -0.3 is 13.6 Å². The number of para-hydroxylation sites is 2. The maximum atomic E-state index is 6.14. The van der Waals surface area contributed by atoms with Crippen LogP contribution in [0.25, 0.3) is 141 Å². The van der Waals surface area contributed by atoms with Crippen molar-refractivity contribution < 1.29 is 4.42 Å². The lowest BCUT2D eigenvalue weighted by atomic mass is 9.99. The molecule has 4 heterocycles. The Morgan fingerprint density at radius 3 is 1.54 bits per heavy atom. The Bertz CT molecular complexity index is 4540. The van der Waals surface area contributed by atoms with Crippen LogP contribution in [0.15, 0.2) is 235 Å². The second kappa shape index (κ2) is 14.4. The summed E-state index contributed by atoms with van der Waals surface area (Å²) in [6.07, 6.45) is 0.